The first-order chi connectivity index (χ1) is 11.0. The van der Waals surface area contributed by atoms with E-state index in [1.807, 2.05) is 13.8 Å². The number of amides is 2. The molecule has 1 aliphatic heterocycles. The van der Waals surface area contributed by atoms with Crippen molar-refractivity contribution in [2.45, 2.75) is 52.0 Å². The van der Waals surface area contributed by atoms with Crippen molar-refractivity contribution in [2.75, 3.05) is 11.9 Å². The molecule has 1 fully saturated rings. The molecule has 0 saturated carbocycles. The molecule has 3 rings (SSSR count). The van der Waals surface area contributed by atoms with Gasteiger partial charge in [-0.25, -0.2) is 0 Å². The highest BCUT2D eigenvalue weighted by molar-refractivity contribution is 7.17. The van der Waals surface area contributed by atoms with Gasteiger partial charge in [0, 0.05) is 19.0 Å². The fourth-order valence-corrected chi connectivity index (χ4v) is 4.54. The number of thiophene rings is 1. The molecule has 0 bridgehead atoms. The molecule has 122 valence electrons. The van der Waals surface area contributed by atoms with E-state index in [1.165, 1.54) is 11.3 Å². The molecular weight excluding hydrogens is 310 g/mol. The summed E-state index contributed by atoms with van der Waals surface area (Å²) >= 11 is 1.38. The SMILES string of the molecule is CC(C)N1CC(C(=O)Nc2sc(C#N)c3c2CCCC3)CC1=O. The predicted molar refractivity (Wildman–Crippen MR) is 89.3 cm³/mol. The van der Waals surface area contributed by atoms with Crippen LogP contribution in [0.5, 0.6) is 0 Å². The summed E-state index contributed by atoms with van der Waals surface area (Å²) in [5, 5.41) is 13.1. The molecule has 1 unspecified atom stereocenters. The van der Waals surface area contributed by atoms with E-state index >= 15 is 0 Å². The summed E-state index contributed by atoms with van der Waals surface area (Å²) < 4.78 is 0. The predicted octanol–water partition coefficient (Wildman–Crippen LogP) is 2.69. The number of nitrogens with zero attached hydrogens (tertiary/aromatic N) is 2. The molecule has 5 nitrogen and oxygen atoms in total. The number of hydrogen-bond acceptors (Lipinski definition) is 4. The van der Waals surface area contributed by atoms with E-state index in [1.54, 1.807) is 4.90 Å². The highest BCUT2D eigenvalue weighted by Crippen LogP contribution is 2.38. The van der Waals surface area contributed by atoms with E-state index in [2.05, 4.69) is 11.4 Å². The smallest absolute Gasteiger partial charge is 0.230 e. The fraction of sp³-hybridized carbons (Fsp3) is 0.588. The summed E-state index contributed by atoms with van der Waals surface area (Å²) in [4.78, 5) is 27.0. The number of rotatable bonds is 3. The van der Waals surface area contributed by atoms with Crippen LogP contribution in [0, 0.1) is 17.2 Å². The average molecular weight is 331 g/mol. The molecule has 6 heteroatoms. The summed E-state index contributed by atoms with van der Waals surface area (Å²) in [6.07, 6.45) is 4.33. The molecule has 1 aromatic rings. The number of nitriles is 1. The van der Waals surface area contributed by atoms with Crippen LogP contribution in [0.4, 0.5) is 5.00 Å². The van der Waals surface area contributed by atoms with Crippen LogP contribution in [0.3, 0.4) is 0 Å². The molecule has 23 heavy (non-hydrogen) atoms. The minimum absolute atomic E-state index is 0.0473. The van der Waals surface area contributed by atoms with Gasteiger partial charge in [-0.15, -0.1) is 11.3 Å². The van der Waals surface area contributed by atoms with Crippen molar-refractivity contribution in [3.05, 3.63) is 16.0 Å². The highest BCUT2D eigenvalue weighted by atomic mass is 32.1. The number of nitrogens with one attached hydrogen (secondary N) is 1. The lowest BCUT2D eigenvalue weighted by Crippen LogP contribution is -2.33. The molecule has 2 aliphatic rings. The van der Waals surface area contributed by atoms with Gasteiger partial charge in [0.25, 0.3) is 0 Å². The third-order valence-corrected chi connectivity index (χ3v) is 5.81. The summed E-state index contributed by atoms with van der Waals surface area (Å²) in [6.45, 7) is 4.42. The molecular formula is C17H21N3O2S. The second-order valence-corrected chi connectivity index (χ2v) is 7.59. The number of fused-ring (bicyclic) bond motifs is 1. The first-order valence-corrected chi connectivity index (χ1v) is 8.98. The number of likely N-dealkylation sites (tertiary alicyclic amines) is 1. The molecule has 1 N–H and O–H groups in total. The van der Waals surface area contributed by atoms with E-state index in [-0.39, 0.29) is 30.2 Å². The Hall–Kier alpha value is -1.87. The van der Waals surface area contributed by atoms with Gasteiger partial charge in [-0.05, 0) is 50.7 Å². The van der Waals surface area contributed by atoms with Gasteiger partial charge in [-0.3, -0.25) is 9.59 Å². The third-order valence-electron chi connectivity index (χ3n) is 4.71. The van der Waals surface area contributed by atoms with E-state index in [4.69, 9.17) is 0 Å². The third kappa shape index (κ3) is 2.98. The second-order valence-electron chi connectivity index (χ2n) is 6.57. The van der Waals surface area contributed by atoms with Gasteiger partial charge >= 0.3 is 0 Å². The van der Waals surface area contributed by atoms with Crippen LogP contribution in [0.1, 0.15) is 49.1 Å². The molecule has 1 aromatic heterocycles. The quantitative estimate of drug-likeness (QED) is 0.925. The molecule has 2 heterocycles. The van der Waals surface area contributed by atoms with Crippen molar-refractivity contribution < 1.29 is 9.59 Å². The molecule has 0 spiro atoms. The maximum absolute atomic E-state index is 12.5. The lowest BCUT2D eigenvalue weighted by atomic mass is 9.93. The number of hydrogen-bond donors (Lipinski definition) is 1. The van der Waals surface area contributed by atoms with E-state index in [9.17, 15) is 14.9 Å². The fourth-order valence-electron chi connectivity index (χ4n) is 3.44. The molecule has 1 aliphatic carbocycles. The van der Waals surface area contributed by atoms with Crippen molar-refractivity contribution in [3.8, 4) is 6.07 Å². The summed E-state index contributed by atoms with van der Waals surface area (Å²) in [6, 6.07) is 2.38. The Labute approximate surface area is 140 Å². The Morgan fingerprint density at radius 1 is 1.35 bits per heavy atom. The summed E-state index contributed by atoms with van der Waals surface area (Å²) in [5.41, 5.74) is 2.25. The molecule has 0 radical (unpaired) electrons. The maximum atomic E-state index is 12.5. The average Bonchev–Trinajstić information content (AvgIpc) is 3.09. The number of carbonyl (C=O) groups is 2. The minimum Gasteiger partial charge on any atom is -0.339 e. The van der Waals surface area contributed by atoms with Crippen molar-refractivity contribution in [1.29, 1.82) is 5.26 Å². The Balaban J connectivity index is 1.76. The topological polar surface area (TPSA) is 73.2 Å². The summed E-state index contributed by atoms with van der Waals surface area (Å²) in [5.74, 6) is -0.344. The lowest BCUT2D eigenvalue weighted by molar-refractivity contribution is -0.129. The van der Waals surface area contributed by atoms with Gasteiger partial charge in [-0.2, -0.15) is 5.26 Å². The van der Waals surface area contributed by atoms with Crippen LogP contribution in [-0.2, 0) is 22.4 Å². The van der Waals surface area contributed by atoms with E-state index in [0.29, 0.717) is 6.54 Å². The normalized spacial score (nSPS) is 20.5. The first-order valence-electron chi connectivity index (χ1n) is 8.16. The highest BCUT2D eigenvalue weighted by Gasteiger charge is 2.36. The van der Waals surface area contributed by atoms with Gasteiger partial charge < -0.3 is 10.2 Å². The number of anilines is 1. The molecule has 2 amide bonds. The second kappa shape index (κ2) is 6.32. The summed E-state index contributed by atoms with van der Waals surface area (Å²) in [7, 11) is 0. The zero-order valence-electron chi connectivity index (χ0n) is 13.5. The zero-order valence-corrected chi connectivity index (χ0v) is 14.3. The molecule has 0 aromatic carbocycles. The van der Waals surface area contributed by atoms with Crippen LogP contribution < -0.4 is 5.32 Å². The van der Waals surface area contributed by atoms with E-state index in [0.717, 1.165) is 46.7 Å². The molecule has 1 atom stereocenters. The molecule has 1 saturated heterocycles. The van der Waals surface area contributed by atoms with Crippen LogP contribution in [-0.4, -0.2) is 29.3 Å². The van der Waals surface area contributed by atoms with Gasteiger partial charge in [0.1, 0.15) is 10.9 Å². The van der Waals surface area contributed by atoms with E-state index < -0.39 is 0 Å². The van der Waals surface area contributed by atoms with Crippen LogP contribution >= 0.6 is 11.3 Å². The van der Waals surface area contributed by atoms with Crippen molar-refractivity contribution in [2.24, 2.45) is 5.92 Å². The van der Waals surface area contributed by atoms with Gasteiger partial charge in [0.15, 0.2) is 0 Å². The van der Waals surface area contributed by atoms with Gasteiger partial charge in [0.2, 0.25) is 11.8 Å². The van der Waals surface area contributed by atoms with Gasteiger partial charge in [0.05, 0.1) is 10.9 Å². The van der Waals surface area contributed by atoms with Crippen molar-refractivity contribution in [1.82, 2.24) is 4.90 Å². The lowest BCUT2D eigenvalue weighted by Gasteiger charge is -2.20. The minimum atomic E-state index is -0.295. The Kier molecular flexibility index (Phi) is 4.40. The Morgan fingerprint density at radius 2 is 2.04 bits per heavy atom. The van der Waals surface area contributed by atoms with Crippen LogP contribution in [0.2, 0.25) is 0 Å². The standard InChI is InChI=1S/C17H21N3O2S/c1-10(2)20-9-11(7-15(20)21)16(22)19-17-13-6-4-3-5-12(13)14(8-18)23-17/h10-11H,3-7,9H2,1-2H3,(H,19,22). The first kappa shape index (κ1) is 16.0. The number of carbonyl (C=O) groups excluding carboxylic acids is 2. The zero-order chi connectivity index (χ0) is 16.6. The maximum Gasteiger partial charge on any atom is 0.230 e. The van der Waals surface area contributed by atoms with Gasteiger partial charge in [-0.1, -0.05) is 0 Å². The van der Waals surface area contributed by atoms with Crippen LogP contribution in [0.15, 0.2) is 0 Å². The van der Waals surface area contributed by atoms with Crippen molar-refractivity contribution in [3.63, 3.8) is 0 Å². The van der Waals surface area contributed by atoms with Crippen molar-refractivity contribution >= 4 is 28.2 Å². The monoisotopic (exact) mass is 331 g/mol. The van der Waals surface area contributed by atoms with Crippen LogP contribution in [0.25, 0.3) is 0 Å². The Bertz CT molecular complexity index is 687. The largest absolute Gasteiger partial charge is 0.339 e. The Morgan fingerprint density at radius 3 is 2.65 bits per heavy atom.